The number of rotatable bonds is 5. The summed E-state index contributed by atoms with van der Waals surface area (Å²) in [6, 6.07) is 9.41. The molecule has 4 rings (SSSR count). The molecule has 0 atom stereocenters. The smallest absolute Gasteiger partial charge is 0.330 e. The van der Waals surface area contributed by atoms with Crippen molar-refractivity contribution >= 4 is 5.91 Å². The lowest BCUT2D eigenvalue weighted by Crippen LogP contribution is -2.37. The van der Waals surface area contributed by atoms with Gasteiger partial charge in [-0.1, -0.05) is 12.1 Å². The topological polar surface area (TPSA) is 68.1 Å². The second kappa shape index (κ2) is 7.98. The molecular formula is C22H19F3N4O2. The number of benzene rings is 1. The van der Waals surface area contributed by atoms with Crippen molar-refractivity contribution in [2.24, 2.45) is 0 Å². The van der Waals surface area contributed by atoms with Crippen molar-refractivity contribution in [2.45, 2.75) is 38.5 Å². The highest BCUT2D eigenvalue weighted by Crippen LogP contribution is 2.31. The average molecular weight is 428 g/mol. The van der Waals surface area contributed by atoms with Crippen LogP contribution < -0.4 is 5.43 Å². The summed E-state index contributed by atoms with van der Waals surface area (Å²) in [5.41, 5.74) is -0.471. The second-order valence-corrected chi connectivity index (χ2v) is 7.48. The van der Waals surface area contributed by atoms with Crippen molar-refractivity contribution in [1.82, 2.24) is 19.7 Å². The number of aromatic nitrogens is 3. The van der Waals surface area contributed by atoms with Crippen LogP contribution in [0.3, 0.4) is 0 Å². The highest BCUT2D eigenvalue weighted by Gasteiger charge is 2.35. The Morgan fingerprint density at radius 1 is 1.19 bits per heavy atom. The molecule has 1 aromatic carbocycles. The maximum absolute atomic E-state index is 13.2. The zero-order valence-corrected chi connectivity index (χ0v) is 16.6. The standard InChI is InChI=1S/C22H19F3N4O2/c1-14-10-19(30)20(27-29(14)18-6-2-5-16(11-18)22(23,24)25)21(31)28(17-7-8-17)13-15-4-3-9-26-12-15/h2-6,9-12,17H,7-8,13H2,1H3. The number of alkyl halides is 3. The summed E-state index contributed by atoms with van der Waals surface area (Å²) >= 11 is 0. The Morgan fingerprint density at radius 2 is 1.97 bits per heavy atom. The normalized spacial score (nSPS) is 13.8. The van der Waals surface area contributed by atoms with Crippen molar-refractivity contribution in [3.05, 3.63) is 87.6 Å². The van der Waals surface area contributed by atoms with E-state index in [2.05, 4.69) is 10.1 Å². The molecule has 0 spiro atoms. The first-order valence-corrected chi connectivity index (χ1v) is 9.72. The molecule has 2 aromatic heterocycles. The number of carbonyl (C=O) groups is 1. The Labute approximate surface area is 176 Å². The van der Waals surface area contributed by atoms with Crippen molar-refractivity contribution in [2.75, 3.05) is 0 Å². The van der Waals surface area contributed by atoms with Gasteiger partial charge in [0.1, 0.15) is 0 Å². The van der Waals surface area contributed by atoms with Gasteiger partial charge in [-0.25, -0.2) is 4.68 Å². The van der Waals surface area contributed by atoms with Crippen LogP contribution in [0.2, 0.25) is 0 Å². The van der Waals surface area contributed by atoms with E-state index >= 15 is 0 Å². The number of pyridine rings is 1. The van der Waals surface area contributed by atoms with E-state index in [4.69, 9.17) is 0 Å². The highest BCUT2D eigenvalue weighted by atomic mass is 19.4. The van der Waals surface area contributed by atoms with Crippen molar-refractivity contribution in [3.8, 4) is 5.69 Å². The van der Waals surface area contributed by atoms with Crippen LogP contribution in [0, 0.1) is 6.92 Å². The molecule has 3 aromatic rings. The van der Waals surface area contributed by atoms with Gasteiger partial charge in [0.25, 0.3) is 5.91 Å². The summed E-state index contributed by atoms with van der Waals surface area (Å²) in [4.78, 5) is 31.4. The number of hydrogen-bond acceptors (Lipinski definition) is 4. The number of carbonyl (C=O) groups excluding carboxylic acids is 1. The van der Waals surface area contributed by atoms with Crippen LogP contribution in [0.25, 0.3) is 5.69 Å². The van der Waals surface area contributed by atoms with Gasteiger partial charge in [0, 0.05) is 36.7 Å². The number of halogens is 3. The van der Waals surface area contributed by atoms with E-state index in [0.717, 1.165) is 30.5 Å². The molecular weight excluding hydrogens is 409 g/mol. The molecule has 31 heavy (non-hydrogen) atoms. The first-order valence-electron chi connectivity index (χ1n) is 9.72. The molecule has 0 saturated heterocycles. The summed E-state index contributed by atoms with van der Waals surface area (Å²) in [6.45, 7) is 1.83. The van der Waals surface area contributed by atoms with Crippen LogP contribution in [0.1, 0.15) is 40.2 Å². The van der Waals surface area contributed by atoms with E-state index in [1.807, 2.05) is 6.07 Å². The largest absolute Gasteiger partial charge is 0.416 e. The van der Waals surface area contributed by atoms with E-state index < -0.39 is 23.1 Å². The quantitative estimate of drug-likeness (QED) is 0.621. The maximum atomic E-state index is 13.2. The molecule has 160 valence electrons. The van der Waals surface area contributed by atoms with E-state index in [1.165, 1.54) is 22.9 Å². The minimum Gasteiger partial charge on any atom is -0.330 e. The monoisotopic (exact) mass is 428 g/mol. The fourth-order valence-electron chi connectivity index (χ4n) is 3.35. The van der Waals surface area contributed by atoms with Crippen LogP contribution in [-0.4, -0.2) is 31.6 Å². The predicted molar refractivity (Wildman–Crippen MR) is 107 cm³/mol. The molecule has 2 heterocycles. The van der Waals surface area contributed by atoms with Crippen LogP contribution in [0.4, 0.5) is 13.2 Å². The van der Waals surface area contributed by atoms with Gasteiger partial charge in [-0.05, 0) is 49.6 Å². The molecule has 0 N–H and O–H groups in total. The van der Waals surface area contributed by atoms with Gasteiger partial charge < -0.3 is 4.90 Å². The van der Waals surface area contributed by atoms with Gasteiger partial charge in [0.15, 0.2) is 5.69 Å². The van der Waals surface area contributed by atoms with E-state index in [1.54, 1.807) is 30.3 Å². The zero-order chi connectivity index (χ0) is 22.2. The predicted octanol–water partition coefficient (Wildman–Crippen LogP) is 3.76. The van der Waals surface area contributed by atoms with Crippen LogP contribution in [-0.2, 0) is 12.7 Å². The molecule has 0 unspecified atom stereocenters. The number of amides is 1. The zero-order valence-electron chi connectivity index (χ0n) is 16.6. The van der Waals surface area contributed by atoms with Crippen molar-refractivity contribution in [1.29, 1.82) is 0 Å². The van der Waals surface area contributed by atoms with Crippen LogP contribution in [0.15, 0.2) is 59.7 Å². The Hall–Kier alpha value is -3.49. The molecule has 9 heteroatoms. The second-order valence-electron chi connectivity index (χ2n) is 7.48. The third-order valence-electron chi connectivity index (χ3n) is 5.05. The van der Waals surface area contributed by atoms with Crippen molar-refractivity contribution in [3.63, 3.8) is 0 Å². The third-order valence-corrected chi connectivity index (χ3v) is 5.05. The average Bonchev–Trinajstić information content (AvgIpc) is 3.57. The summed E-state index contributed by atoms with van der Waals surface area (Å²) < 4.78 is 40.6. The number of hydrogen-bond donors (Lipinski definition) is 0. The molecule has 0 bridgehead atoms. The minimum atomic E-state index is -4.52. The first kappa shape index (κ1) is 20.8. The Morgan fingerprint density at radius 3 is 2.61 bits per heavy atom. The third kappa shape index (κ3) is 4.50. The number of aryl methyl sites for hydroxylation is 1. The minimum absolute atomic E-state index is 0.00258. The van der Waals surface area contributed by atoms with E-state index in [9.17, 15) is 22.8 Å². The molecule has 1 aliphatic rings. The molecule has 1 amide bonds. The molecule has 0 radical (unpaired) electrons. The van der Waals surface area contributed by atoms with Gasteiger partial charge in [0.2, 0.25) is 5.43 Å². The Balaban J connectivity index is 1.72. The summed E-state index contributed by atoms with van der Waals surface area (Å²) in [7, 11) is 0. The molecule has 6 nitrogen and oxygen atoms in total. The van der Waals surface area contributed by atoms with Crippen molar-refractivity contribution < 1.29 is 18.0 Å². The van der Waals surface area contributed by atoms with Gasteiger partial charge in [-0.2, -0.15) is 18.3 Å². The lowest BCUT2D eigenvalue weighted by molar-refractivity contribution is -0.137. The fraction of sp³-hybridized carbons (Fsp3) is 0.273. The van der Waals surface area contributed by atoms with Gasteiger partial charge in [0.05, 0.1) is 11.3 Å². The number of nitrogens with zero attached hydrogens (tertiary/aromatic N) is 4. The highest BCUT2D eigenvalue weighted by molar-refractivity contribution is 5.92. The van der Waals surface area contributed by atoms with Gasteiger partial charge in [-0.3, -0.25) is 14.6 Å². The van der Waals surface area contributed by atoms with Gasteiger partial charge >= 0.3 is 6.18 Å². The fourth-order valence-corrected chi connectivity index (χ4v) is 3.35. The molecule has 0 aliphatic heterocycles. The lowest BCUT2D eigenvalue weighted by atomic mass is 10.2. The summed E-state index contributed by atoms with van der Waals surface area (Å²) in [5, 5.41) is 4.17. The first-order chi connectivity index (χ1) is 14.7. The lowest BCUT2D eigenvalue weighted by Gasteiger charge is -2.22. The molecule has 1 fully saturated rings. The SMILES string of the molecule is Cc1cc(=O)c(C(=O)N(Cc2cccnc2)C2CC2)nn1-c1cccc(C(F)(F)F)c1. The molecule has 1 aliphatic carbocycles. The molecule has 1 saturated carbocycles. The van der Waals surface area contributed by atoms with E-state index in [-0.39, 0.29) is 24.0 Å². The maximum Gasteiger partial charge on any atom is 0.416 e. The van der Waals surface area contributed by atoms with Crippen LogP contribution in [0.5, 0.6) is 0 Å². The van der Waals surface area contributed by atoms with Gasteiger partial charge in [-0.15, -0.1) is 0 Å². The Kier molecular flexibility index (Phi) is 5.34. The summed E-state index contributed by atoms with van der Waals surface area (Å²) in [5.74, 6) is -0.544. The van der Waals surface area contributed by atoms with Crippen LogP contribution >= 0.6 is 0 Å². The summed E-state index contributed by atoms with van der Waals surface area (Å²) in [6.07, 6.45) is 0.391. The van der Waals surface area contributed by atoms with E-state index in [0.29, 0.717) is 5.69 Å². The Bertz CT molecular complexity index is 1170.